The number of hydrogen-bond donors (Lipinski definition) is 1. The third-order valence-corrected chi connectivity index (χ3v) is 6.60. The van der Waals surface area contributed by atoms with Gasteiger partial charge in [0, 0.05) is 19.1 Å². The van der Waals surface area contributed by atoms with Crippen molar-refractivity contribution in [3.05, 3.63) is 35.9 Å². The van der Waals surface area contributed by atoms with Crippen molar-refractivity contribution >= 4 is 22.4 Å². The molecule has 6 heteroatoms. The van der Waals surface area contributed by atoms with Crippen molar-refractivity contribution in [1.82, 2.24) is 9.62 Å². The molecule has 0 aliphatic carbocycles. The third kappa shape index (κ3) is 4.22. The average Bonchev–Trinajstić information content (AvgIpc) is 3.02. The summed E-state index contributed by atoms with van der Waals surface area (Å²) in [7, 11) is -3.17. The molecule has 22 heavy (non-hydrogen) atoms. The zero-order valence-electron chi connectivity index (χ0n) is 12.8. The molecule has 2 aliphatic heterocycles. The van der Waals surface area contributed by atoms with Gasteiger partial charge in [-0.1, -0.05) is 30.3 Å². The molecule has 0 bridgehead atoms. The van der Waals surface area contributed by atoms with Gasteiger partial charge in [0.15, 0.2) is 0 Å². The average molecular weight is 345 g/mol. The molecule has 124 valence electrons. The molecule has 0 amide bonds. The molecule has 1 aromatic rings. The van der Waals surface area contributed by atoms with Gasteiger partial charge in [-0.3, -0.25) is 0 Å². The van der Waals surface area contributed by atoms with Gasteiger partial charge in [-0.2, -0.15) is 0 Å². The van der Waals surface area contributed by atoms with Crippen LogP contribution in [0.3, 0.4) is 0 Å². The summed E-state index contributed by atoms with van der Waals surface area (Å²) in [5, 5.41) is 3.55. The van der Waals surface area contributed by atoms with Crippen molar-refractivity contribution < 1.29 is 8.42 Å². The third-order valence-electron chi connectivity index (χ3n) is 4.75. The molecule has 0 spiro atoms. The molecule has 1 N–H and O–H groups in total. The summed E-state index contributed by atoms with van der Waals surface area (Å²) in [6.07, 6.45) is 4.50. The van der Waals surface area contributed by atoms with Gasteiger partial charge in [0.2, 0.25) is 10.0 Å². The van der Waals surface area contributed by atoms with E-state index in [9.17, 15) is 8.42 Å². The lowest BCUT2D eigenvalue weighted by atomic mass is 9.89. The number of rotatable bonds is 4. The zero-order chi connectivity index (χ0) is 14.7. The molecule has 2 fully saturated rings. The predicted octanol–water partition coefficient (Wildman–Crippen LogP) is 2.40. The minimum atomic E-state index is -3.17. The summed E-state index contributed by atoms with van der Waals surface area (Å²) in [4.78, 5) is 0. The first-order chi connectivity index (χ1) is 10.1. The molecular formula is C16H25ClN2O2S. The van der Waals surface area contributed by atoms with E-state index < -0.39 is 10.0 Å². The highest BCUT2D eigenvalue weighted by Crippen LogP contribution is 2.27. The second kappa shape index (κ2) is 7.77. The van der Waals surface area contributed by atoms with Crippen molar-refractivity contribution in [2.45, 2.75) is 37.5 Å². The van der Waals surface area contributed by atoms with Gasteiger partial charge in [0.25, 0.3) is 0 Å². The maximum absolute atomic E-state index is 12.5. The number of nitrogens with one attached hydrogen (secondary N) is 1. The van der Waals surface area contributed by atoms with Gasteiger partial charge in [-0.15, -0.1) is 12.4 Å². The Hall–Kier alpha value is -0.620. The molecule has 2 heterocycles. The van der Waals surface area contributed by atoms with Crippen LogP contribution in [0.5, 0.6) is 0 Å². The first kappa shape index (κ1) is 17.7. The van der Waals surface area contributed by atoms with Crippen molar-refractivity contribution in [2.24, 2.45) is 5.92 Å². The van der Waals surface area contributed by atoms with E-state index in [1.165, 1.54) is 12.8 Å². The number of hydrogen-bond acceptors (Lipinski definition) is 3. The Morgan fingerprint density at radius 3 is 2.36 bits per heavy atom. The topological polar surface area (TPSA) is 49.4 Å². The molecule has 1 atom stereocenters. The number of benzene rings is 1. The first-order valence-corrected chi connectivity index (χ1v) is 9.51. The Kier molecular flexibility index (Phi) is 6.26. The molecule has 2 saturated heterocycles. The van der Waals surface area contributed by atoms with E-state index >= 15 is 0 Å². The zero-order valence-corrected chi connectivity index (χ0v) is 14.4. The highest BCUT2D eigenvalue weighted by molar-refractivity contribution is 7.88. The predicted molar refractivity (Wildman–Crippen MR) is 91.6 cm³/mol. The molecule has 0 aromatic heterocycles. The molecule has 0 saturated carbocycles. The first-order valence-electron chi connectivity index (χ1n) is 7.90. The van der Waals surface area contributed by atoms with Crippen LogP contribution in [-0.4, -0.2) is 38.4 Å². The van der Waals surface area contributed by atoms with Crippen molar-refractivity contribution in [1.29, 1.82) is 0 Å². The Labute approximate surface area is 139 Å². The Balaban J connectivity index is 0.00000176. The SMILES string of the molecule is Cl.O=S(=O)(Cc1ccccc1)N1CCC(C2CCCN2)CC1. The maximum atomic E-state index is 12.5. The van der Waals surface area contributed by atoms with Crippen LogP contribution in [0.4, 0.5) is 0 Å². The van der Waals surface area contributed by atoms with Gasteiger partial charge in [-0.25, -0.2) is 12.7 Å². The number of halogens is 1. The lowest BCUT2D eigenvalue weighted by Crippen LogP contribution is -2.43. The second-order valence-corrected chi connectivity index (χ2v) is 8.15. The standard InChI is InChI=1S/C16H24N2O2S.ClH/c19-21(20,13-14-5-2-1-3-6-14)18-11-8-15(9-12-18)16-7-4-10-17-16;/h1-3,5-6,15-17H,4,7-13H2;1H. The van der Waals surface area contributed by atoms with E-state index in [1.54, 1.807) is 4.31 Å². The number of piperidine rings is 1. The highest BCUT2D eigenvalue weighted by atomic mass is 35.5. The fourth-order valence-electron chi connectivity index (χ4n) is 3.55. The van der Waals surface area contributed by atoms with E-state index in [1.807, 2.05) is 30.3 Å². The van der Waals surface area contributed by atoms with Gasteiger partial charge in [0.1, 0.15) is 0 Å². The Morgan fingerprint density at radius 2 is 1.77 bits per heavy atom. The fourth-order valence-corrected chi connectivity index (χ4v) is 5.11. The van der Waals surface area contributed by atoms with E-state index in [0.29, 0.717) is 25.0 Å². The van der Waals surface area contributed by atoms with E-state index in [4.69, 9.17) is 0 Å². The summed E-state index contributed by atoms with van der Waals surface area (Å²) < 4.78 is 26.7. The molecule has 1 aromatic carbocycles. The Morgan fingerprint density at radius 1 is 1.09 bits per heavy atom. The number of sulfonamides is 1. The summed E-state index contributed by atoms with van der Waals surface area (Å²) in [5.74, 6) is 0.774. The van der Waals surface area contributed by atoms with Gasteiger partial charge in [-0.05, 0) is 43.7 Å². The summed E-state index contributed by atoms with van der Waals surface area (Å²) >= 11 is 0. The van der Waals surface area contributed by atoms with Crippen molar-refractivity contribution in [2.75, 3.05) is 19.6 Å². The quantitative estimate of drug-likeness (QED) is 0.912. The van der Waals surface area contributed by atoms with Crippen LogP contribution in [0.1, 0.15) is 31.2 Å². The Bertz CT molecular complexity index is 551. The fraction of sp³-hybridized carbons (Fsp3) is 0.625. The normalized spacial score (nSPS) is 24.1. The molecule has 3 rings (SSSR count). The van der Waals surface area contributed by atoms with Crippen LogP contribution < -0.4 is 5.32 Å². The van der Waals surface area contributed by atoms with E-state index in [2.05, 4.69) is 5.32 Å². The molecule has 0 radical (unpaired) electrons. The van der Waals surface area contributed by atoms with E-state index in [-0.39, 0.29) is 18.2 Å². The smallest absolute Gasteiger partial charge is 0.218 e. The van der Waals surface area contributed by atoms with Gasteiger partial charge in [0.05, 0.1) is 5.75 Å². The van der Waals surface area contributed by atoms with Gasteiger partial charge >= 0.3 is 0 Å². The van der Waals surface area contributed by atoms with Crippen LogP contribution in [0, 0.1) is 5.92 Å². The summed E-state index contributed by atoms with van der Waals surface area (Å²) in [6, 6.07) is 10.1. The van der Waals surface area contributed by atoms with Crippen LogP contribution >= 0.6 is 12.4 Å². The maximum Gasteiger partial charge on any atom is 0.218 e. The lowest BCUT2D eigenvalue weighted by Gasteiger charge is -2.34. The van der Waals surface area contributed by atoms with Gasteiger partial charge < -0.3 is 5.32 Å². The van der Waals surface area contributed by atoms with Crippen LogP contribution in [-0.2, 0) is 15.8 Å². The monoisotopic (exact) mass is 344 g/mol. The molecule has 2 aliphatic rings. The minimum absolute atomic E-state index is 0. The highest BCUT2D eigenvalue weighted by Gasteiger charge is 2.32. The molecule has 4 nitrogen and oxygen atoms in total. The molecule has 1 unspecified atom stereocenters. The van der Waals surface area contributed by atoms with Crippen LogP contribution in [0.25, 0.3) is 0 Å². The molecular weight excluding hydrogens is 320 g/mol. The van der Waals surface area contributed by atoms with Crippen molar-refractivity contribution in [3.63, 3.8) is 0 Å². The van der Waals surface area contributed by atoms with Crippen LogP contribution in [0.2, 0.25) is 0 Å². The summed E-state index contributed by atoms with van der Waals surface area (Å²) in [5.41, 5.74) is 0.872. The van der Waals surface area contributed by atoms with Crippen LogP contribution in [0.15, 0.2) is 30.3 Å². The minimum Gasteiger partial charge on any atom is -0.314 e. The largest absolute Gasteiger partial charge is 0.314 e. The lowest BCUT2D eigenvalue weighted by molar-refractivity contribution is 0.234. The number of nitrogens with zero attached hydrogens (tertiary/aromatic N) is 1. The second-order valence-electron chi connectivity index (χ2n) is 6.18. The van der Waals surface area contributed by atoms with E-state index in [0.717, 1.165) is 24.9 Å². The van der Waals surface area contributed by atoms with Crippen molar-refractivity contribution in [3.8, 4) is 0 Å². The summed E-state index contributed by atoms with van der Waals surface area (Å²) in [6.45, 7) is 2.48.